The maximum Gasteiger partial charge on any atom is 0.269 e. The summed E-state index contributed by atoms with van der Waals surface area (Å²) in [4.78, 5) is 24.2. The molecule has 2 N–H and O–H groups in total. The van der Waals surface area contributed by atoms with Crippen LogP contribution < -0.4 is 10.9 Å². The van der Waals surface area contributed by atoms with E-state index in [2.05, 4.69) is 26.8 Å². The van der Waals surface area contributed by atoms with Gasteiger partial charge in [0, 0.05) is 34.8 Å². The summed E-state index contributed by atoms with van der Waals surface area (Å²) in [7, 11) is -3.72. The second-order valence-corrected chi connectivity index (χ2v) is 8.91. The number of carbonyl (C=O) groups excluding carboxylic acids is 2. The van der Waals surface area contributed by atoms with Gasteiger partial charge in [-0.1, -0.05) is 35.8 Å². The maximum absolute atomic E-state index is 13.7. The average molecular weight is 498 g/mol. The number of benzene rings is 2. The number of amides is 2. The quantitative estimate of drug-likeness (QED) is 0.453. The number of carbonyl (C=O) groups is 2. The summed E-state index contributed by atoms with van der Waals surface area (Å²) in [5.74, 6) is -1.88. The fourth-order valence-corrected chi connectivity index (χ4v) is 4.43. The van der Waals surface area contributed by atoms with E-state index in [0.717, 1.165) is 6.08 Å². The molecular formula is C20H21BrFN3O4S. The van der Waals surface area contributed by atoms with Crippen LogP contribution in [0.4, 0.5) is 4.39 Å². The molecule has 2 aromatic rings. The molecule has 10 heteroatoms. The largest absolute Gasteiger partial charge is 0.269 e. The van der Waals surface area contributed by atoms with Gasteiger partial charge in [0.25, 0.3) is 11.8 Å². The maximum atomic E-state index is 13.7. The molecular weight excluding hydrogens is 477 g/mol. The van der Waals surface area contributed by atoms with Crippen LogP contribution in [0.15, 0.2) is 57.9 Å². The van der Waals surface area contributed by atoms with Gasteiger partial charge in [-0.05, 0) is 42.5 Å². The van der Waals surface area contributed by atoms with Crippen LogP contribution in [0.5, 0.6) is 0 Å². The molecule has 0 aliphatic heterocycles. The third-order valence-corrected chi connectivity index (χ3v) is 6.65. The van der Waals surface area contributed by atoms with Crippen LogP contribution >= 0.6 is 15.9 Å². The lowest BCUT2D eigenvalue weighted by atomic mass is 10.2. The Morgan fingerprint density at radius 3 is 2.47 bits per heavy atom. The highest BCUT2D eigenvalue weighted by Gasteiger charge is 2.22. The van der Waals surface area contributed by atoms with Crippen molar-refractivity contribution in [1.82, 2.24) is 15.2 Å². The summed E-state index contributed by atoms with van der Waals surface area (Å²) < 4.78 is 40.8. The molecule has 0 atom stereocenters. The molecule has 0 heterocycles. The molecule has 0 aliphatic carbocycles. The fraction of sp³-hybridized carbons (Fsp3) is 0.200. The van der Waals surface area contributed by atoms with Gasteiger partial charge in [0.15, 0.2) is 0 Å². The van der Waals surface area contributed by atoms with E-state index in [1.165, 1.54) is 52.8 Å². The summed E-state index contributed by atoms with van der Waals surface area (Å²) in [5, 5.41) is 0. The first-order valence-electron chi connectivity index (χ1n) is 9.02. The van der Waals surface area contributed by atoms with Crippen LogP contribution in [0.3, 0.4) is 0 Å². The molecule has 2 aromatic carbocycles. The molecule has 0 spiro atoms. The number of sulfonamides is 1. The fourth-order valence-electron chi connectivity index (χ4n) is 2.55. The molecule has 30 heavy (non-hydrogen) atoms. The van der Waals surface area contributed by atoms with Gasteiger partial charge >= 0.3 is 0 Å². The molecule has 0 aromatic heterocycles. The minimum Gasteiger partial charge on any atom is -0.268 e. The first kappa shape index (κ1) is 23.7. The van der Waals surface area contributed by atoms with Gasteiger partial charge in [0.2, 0.25) is 10.0 Å². The van der Waals surface area contributed by atoms with Crippen molar-refractivity contribution < 1.29 is 22.4 Å². The first-order valence-corrected chi connectivity index (χ1v) is 11.3. The Labute approximate surface area is 183 Å². The van der Waals surface area contributed by atoms with Gasteiger partial charge < -0.3 is 0 Å². The Hall–Kier alpha value is -2.56. The van der Waals surface area contributed by atoms with E-state index in [4.69, 9.17) is 0 Å². The lowest BCUT2D eigenvalue weighted by molar-refractivity contribution is -0.117. The van der Waals surface area contributed by atoms with Gasteiger partial charge in [0.1, 0.15) is 5.82 Å². The summed E-state index contributed by atoms with van der Waals surface area (Å²) >= 11 is 3.21. The highest BCUT2D eigenvalue weighted by molar-refractivity contribution is 9.10. The highest BCUT2D eigenvalue weighted by atomic mass is 79.9. The average Bonchev–Trinajstić information content (AvgIpc) is 2.73. The van der Waals surface area contributed by atoms with E-state index >= 15 is 0 Å². The van der Waals surface area contributed by atoms with Crippen LogP contribution in [0.25, 0.3) is 6.08 Å². The normalized spacial score (nSPS) is 11.6. The summed E-state index contributed by atoms with van der Waals surface area (Å²) in [6.07, 6.45) is 2.32. The molecule has 2 amide bonds. The van der Waals surface area contributed by atoms with Gasteiger partial charge in [-0.25, -0.2) is 12.8 Å². The lowest BCUT2D eigenvalue weighted by Crippen LogP contribution is -2.40. The monoisotopic (exact) mass is 497 g/mol. The SMILES string of the molecule is CCN(CC)S(=O)(=O)c1cccc(C(=O)NNC(=O)/C=C/c2cc(Br)ccc2F)c1. The minimum atomic E-state index is -3.72. The zero-order valence-electron chi connectivity index (χ0n) is 16.4. The van der Waals surface area contributed by atoms with Gasteiger partial charge in [0.05, 0.1) is 4.90 Å². The predicted molar refractivity (Wildman–Crippen MR) is 115 cm³/mol. The lowest BCUT2D eigenvalue weighted by Gasteiger charge is -2.18. The summed E-state index contributed by atoms with van der Waals surface area (Å²) in [6, 6.07) is 9.79. The van der Waals surface area contributed by atoms with E-state index in [0.29, 0.717) is 17.6 Å². The van der Waals surface area contributed by atoms with E-state index in [1.807, 2.05) is 0 Å². The third-order valence-electron chi connectivity index (χ3n) is 4.11. The van der Waals surface area contributed by atoms with Crippen LogP contribution in [0.2, 0.25) is 0 Å². The first-order chi connectivity index (χ1) is 14.2. The van der Waals surface area contributed by atoms with E-state index in [-0.39, 0.29) is 16.0 Å². The molecule has 7 nitrogen and oxygen atoms in total. The Morgan fingerprint density at radius 1 is 1.10 bits per heavy atom. The molecule has 0 aliphatic rings. The number of hydrazine groups is 1. The number of hydrogen-bond donors (Lipinski definition) is 2. The Bertz CT molecular complexity index is 1070. The van der Waals surface area contributed by atoms with Crippen molar-refractivity contribution in [2.24, 2.45) is 0 Å². The van der Waals surface area contributed by atoms with E-state index in [1.54, 1.807) is 13.8 Å². The Balaban J connectivity index is 2.05. The number of rotatable bonds is 7. The molecule has 2 rings (SSSR count). The molecule has 160 valence electrons. The molecule has 0 saturated heterocycles. The van der Waals surface area contributed by atoms with Crippen molar-refractivity contribution in [3.63, 3.8) is 0 Å². The molecule has 0 fully saturated rings. The molecule has 0 radical (unpaired) electrons. The standard InChI is InChI=1S/C20H21BrFN3O4S/c1-3-25(4-2)30(28,29)17-7-5-6-15(13-17)20(27)24-23-19(26)11-8-14-12-16(21)9-10-18(14)22/h5-13H,3-4H2,1-2H3,(H,23,26)(H,24,27)/b11-8+. The van der Waals surface area contributed by atoms with Crippen LogP contribution in [0.1, 0.15) is 29.8 Å². The van der Waals surface area contributed by atoms with Crippen molar-refractivity contribution in [3.05, 3.63) is 70.0 Å². The van der Waals surface area contributed by atoms with Crippen molar-refractivity contribution in [2.75, 3.05) is 13.1 Å². The predicted octanol–water partition coefficient (Wildman–Crippen LogP) is 3.09. The Kier molecular flexibility index (Phi) is 8.27. The van der Waals surface area contributed by atoms with E-state index < -0.39 is 27.7 Å². The second-order valence-electron chi connectivity index (χ2n) is 6.06. The van der Waals surface area contributed by atoms with Crippen molar-refractivity contribution in [1.29, 1.82) is 0 Å². The summed E-state index contributed by atoms with van der Waals surface area (Å²) in [5.41, 5.74) is 4.62. The number of hydrogen-bond acceptors (Lipinski definition) is 4. The van der Waals surface area contributed by atoms with Crippen molar-refractivity contribution in [3.8, 4) is 0 Å². The van der Waals surface area contributed by atoms with Crippen LogP contribution in [0, 0.1) is 5.82 Å². The number of halogens is 2. The van der Waals surface area contributed by atoms with Gasteiger partial charge in [-0.15, -0.1) is 0 Å². The van der Waals surface area contributed by atoms with Crippen molar-refractivity contribution >= 4 is 43.8 Å². The smallest absolute Gasteiger partial charge is 0.268 e. The number of nitrogens with zero attached hydrogens (tertiary/aromatic N) is 1. The van der Waals surface area contributed by atoms with Gasteiger partial charge in [-0.2, -0.15) is 4.31 Å². The minimum absolute atomic E-state index is 0.0183. The summed E-state index contributed by atoms with van der Waals surface area (Å²) in [6.45, 7) is 4.05. The van der Waals surface area contributed by atoms with Crippen molar-refractivity contribution in [2.45, 2.75) is 18.7 Å². The van der Waals surface area contributed by atoms with Crippen LogP contribution in [-0.4, -0.2) is 37.6 Å². The topological polar surface area (TPSA) is 95.6 Å². The van der Waals surface area contributed by atoms with Crippen LogP contribution in [-0.2, 0) is 14.8 Å². The highest BCUT2D eigenvalue weighted by Crippen LogP contribution is 2.17. The molecule has 0 saturated carbocycles. The van der Waals surface area contributed by atoms with Gasteiger partial charge in [-0.3, -0.25) is 20.4 Å². The zero-order chi connectivity index (χ0) is 22.3. The Morgan fingerprint density at radius 2 is 1.80 bits per heavy atom. The zero-order valence-corrected chi connectivity index (χ0v) is 18.8. The second kappa shape index (κ2) is 10.5. The van der Waals surface area contributed by atoms with E-state index in [9.17, 15) is 22.4 Å². The number of nitrogens with one attached hydrogen (secondary N) is 2. The third kappa shape index (κ3) is 5.97. The molecule has 0 bridgehead atoms. The molecule has 0 unspecified atom stereocenters.